The molecule has 3 heteroatoms. The van der Waals surface area contributed by atoms with E-state index in [4.69, 9.17) is 9.78 Å². The smallest absolute Gasteiger partial charge is 0.293 e. The molecule has 0 atom stereocenters. The molecule has 0 unspecified atom stereocenters. The van der Waals surface area contributed by atoms with E-state index in [9.17, 15) is 4.79 Å². The van der Waals surface area contributed by atoms with Crippen LogP contribution in [0.1, 0.15) is 100 Å². The van der Waals surface area contributed by atoms with E-state index < -0.39 is 5.97 Å². The Morgan fingerprint density at radius 1 is 0.692 bits per heavy atom. The summed E-state index contributed by atoms with van der Waals surface area (Å²) in [4.78, 5) is 21.4. The first kappa shape index (κ1) is 22.7. The van der Waals surface area contributed by atoms with Gasteiger partial charge in [0.25, 0.3) is 0 Å². The molecular formula is C23H37O3. The molecular weight excluding hydrogens is 324 g/mol. The van der Waals surface area contributed by atoms with Gasteiger partial charge >= 0.3 is 5.97 Å². The van der Waals surface area contributed by atoms with Gasteiger partial charge in [-0.1, -0.05) is 109 Å². The van der Waals surface area contributed by atoms with Gasteiger partial charge in [0, 0.05) is 0 Å². The average molecular weight is 362 g/mol. The lowest BCUT2D eigenvalue weighted by Gasteiger charge is -2.04. The number of carbonyl (C=O) groups excluding carboxylic acids is 1. The Balaban J connectivity index is 1.76. The van der Waals surface area contributed by atoms with Crippen molar-refractivity contribution in [1.82, 2.24) is 0 Å². The van der Waals surface area contributed by atoms with Gasteiger partial charge in [-0.05, 0) is 18.6 Å². The van der Waals surface area contributed by atoms with E-state index >= 15 is 0 Å². The second-order valence-electron chi connectivity index (χ2n) is 7.01. The summed E-state index contributed by atoms with van der Waals surface area (Å²) >= 11 is 0. The molecule has 1 radical (unpaired) electrons. The Labute approximate surface area is 160 Å². The summed E-state index contributed by atoms with van der Waals surface area (Å²) in [6.45, 7) is 4.36. The molecule has 3 nitrogen and oxygen atoms in total. The van der Waals surface area contributed by atoms with Gasteiger partial charge in [0.15, 0.2) is 0 Å². The standard InChI is InChI=1S/C23H37O3/c1-2-3-4-5-6-7-8-9-10-11-12-13-14-18-21-25-26-23(24)22-19-16-15-17-20-22/h15-17,19-20H,1-14,18,21H2. The fourth-order valence-electron chi connectivity index (χ4n) is 3.00. The number of rotatable bonds is 17. The molecule has 1 aromatic rings. The minimum absolute atomic E-state index is 0.423. The first-order valence-electron chi connectivity index (χ1n) is 10.5. The second kappa shape index (κ2) is 17.1. The van der Waals surface area contributed by atoms with Crippen LogP contribution >= 0.6 is 0 Å². The molecule has 0 bridgehead atoms. The Morgan fingerprint density at radius 2 is 1.15 bits per heavy atom. The highest BCUT2D eigenvalue weighted by atomic mass is 17.2. The van der Waals surface area contributed by atoms with Crippen molar-refractivity contribution in [3.05, 3.63) is 42.8 Å². The fraction of sp³-hybridized carbons (Fsp3) is 0.652. The third-order valence-electron chi connectivity index (χ3n) is 4.62. The summed E-state index contributed by atoms with van der Waals surface area (Å²) in [6, 6.07) is 8.92. The number of carbonyl (C=O) groups is 1. The van der Waals surface area contributed by atoms with Gasteiger partial charge in [-0.3, -0.25) is 4.89 Å². The normalized spacial score (nSPS) is 10.8. The predicted molar refractivity (Wildman–Crippen MR) is 108 cm³/mol. The van der Waals surface area contributed by atoms with Gasteiger partial charge < -0.3 is 0 Å². The van der Waals surface area contributed by atoms with Crippen LogP contribution in [0, 0.1) is 6.92 Å². The second-order valence-corrected chi connectivity index (χ2v) is 7.01. The Bertz CT molecular complexity index is 430. The molecule has 1 rings (SSSR count). The van der Waals surface area contributed by atoms with E-state index in [1.807, 2.05) is 18.2 Å². The van der Waals surface area contributed by atoms with Crippen molar-refractivity contribution in [1.29, 1.82) is 0 Å². The molecule has 0 amide bonds. The Morgan fingerprint density at radius 3 is 1.65 bits per heavy atom. The van der Waals surface area contributed by atoms with Crippen LogP contribution in [0.3, 0.4) is 0 Å². The lowest BCUT2D eigenvalue weighted by molar-refractivity contribution is -0.241. The zero-order valence-electron chi connectivity index (χ0n) is 16.4. The molecule has 0 heterocycles. The zero-order valence-corrected chi connectivity index (χ0v) is 16.4. The van der Waals surface area contributed by atoms with Crippen LogP contribution in [0.25, 0.3) is 0 Å². The monoisotopic (exact) mass is 361 g/mol. The van der Waals surface area contributed by atoms with Gasteiger partial charge in [0.05, 0.1) is 12.2 Å². The van der Waals surface area contributed by atoms with E-state index in [-0.39, 0.29) is 0 Å². The van der Waals surface area contributed by atoms with Crippen molar-refractivity contribution in [2.75, 3.05) is 6.61 Å². The van der Waals surface area contributed by atoms with Crippen LogP contribution in [-0.2, 0) is 9.78 Å². The highest BCUT2D eigenvalue weighted by Crippen LogP contribution is 2.13. The highest BCUT2D eigenvalue weighted by molar-refractivity contribution is 5.88. The van der Waals surface area contributed by atoms with Gasteiger partial charge in [-0.25, -0.2) is 4.79 Å². The molecule has 0 aliphatic rings. The van der Waals surface area contributed by atoms with Crippen LogP contribution in [0.15, 0.2) is 30.3 Å². The summed E-state index contributed by atoms with van der Waals surface area (Å²) in [5.41, 5.74) is 0.519. The summed E-state index contributed by atoms with van der Waals surface area (Å²) in [6.07, 6.45) is 18.0. The minimum atomic E-state index is -0.423. The maximum atomic E-state index is 11.6. The maximum Gasteiger partial charge on any atom is 0.373 e. The van der Waals surface area contributed by atoms with E-state index in [0.717, 1.165) is 19.3 Å². The lowest BCUT2D eigenvalue weighted by Crippen LogP contribution is -2.06. The van der Waals surface area contributed by atoms with Crippen LogP contribution in [0.4, 0.5) is 0 Å². The van der Waals surface area contributed by atoms with Gasteiger partial charge in [0.2, 0.25) is 0 Å². The molecule has 0 aliphatic carbocycles. The number of benzene rings is 1. The van der Waals surface area contributed by atoms with Crippen LogP contribution in [0.2, 0.25) is 0 Å². The number of unbranched alkanes of at least 4 members (excludes halogenated alkanes) is 13. The van der Waals surface area contributed by atoms with Crippen molar-refractivity contribution in [3.8, 4) is 0 Å². The maximum absolute atomic E-state index is 11.6. The fourth-order valence-corrected chi connectivity index (χ4v) is 3.00. The van der Waals surface area contributed by atoms with E-state index in [0.29, 0.717) is 12.2 Å². The quantitative estimate of drug-likeness (QED) is 0.169. The SMILES string of the molecule is [CH2]CCCCCCCCCCCCCCCOOC(=O)c1ccccc1. The van der Waals surface area contributed by atoms with Crippen molar-refractivity contribution < 1.29 is 14.6 Å². The molecule has 1 aromatic carbocycles. The van der Waals surface area contributed by atoms with E-state index in [1.165, 1.54) is 70.6 Å². The Kier molecular flexibility index (Phi) is 14.9. The molecule has 0 aromatic heterocycles. The molecule has 0 fully saturated rings. The van der Waals surface area contributed by atoms with Crippen molar-refractivity contribution in [2.45, 2.75) is 89.9 Å². The average Bonchev–Trinajstić information content (AvgIpc) is 2.68. The van der Waals surface area contributed by atoms with E-state index in [2.05, 4.69) is 6.92 Å². The molecule has 0 N–H and O–H groups in total. The highest BCUT2D eigenvalue weighted by Gasteiger charge is 2.06. The van der Waals surface area contributed by atoms with Crippen molar-refractivity contribution in [3.63, 3.8) is 0 Å². The van der Waals surface area contributed by atoms with Gasteiger partial charge in [-0.2, -0.15) is 4.89 Å². The summed E-state index contributed by atoms with van der Waals surface area (Å²) in [5.74, 6) is -0.423. The zero-order chi connectivity index (χ0) is 18.7. The number of hydrogen-bond acceptors (Lipinski definition) is 3. The van der Waals surface area contributed by atoms with Crippen LogP contribution in [0.5, 0.6) is 0 Å². The summed E-state index contributed by atoms with van der Waals surface area (Å²) in [7, 11) is 0. The third kappa shape index (κ3) is 12.9. The lowest BCUT2D eigenvalue weighted by atomic mass is 10.0. The topological polar surface area (TPSA) is 35.5 Å². The van der Waals surface area contributed by atoms with Crippen molar-refractivity contribution >= 4 is 5.97 Å². The van der Waals surface area contributed by atoms with Crippen LogP contribution < -0.4 is 0 Å². The largest absolute Gasteiger partial charge is 0.373 e. The van der Waals surface area contributed by atoms with Crippen molar-refractivity contribution in [2.24, 2.45) is 0 Å². The molecule has 0 aliphatic heterocycles. The molecule has 0 saturated heterocycles. The molecule has 0 spiro atoms. The summed E-state index contributed by atoms with van der Waals surface area (Å²) in [5, 5.41) is 0. The first-order chi connectivity index (χ1) is 12.8. The van der Waals surface area contributed by atoms with Gasteiger partial charge in [-0.15, -0.1) is 0 Å². The van der Waals surface area contributed by atoms with Crippen LogP contribution in [-0.4, -0.2) is 12.6 Å². The van der Waals surface area contributed by atoms with E-state index in [1.54, 1.807) is 12.1 Å². The third-order valence-corrected chi connectivity index (χ3v) is 4.62. The molecule has 147 valence electrons. The molecule has 26 heavy (non-hydrogen) atoms. The number of hydrogen-bond donors (Lipinski definition) is 0. The first-order valence-corrected chi connectivity index (χ1v) is 10.5. The summed E-state index contributed by atoms with van der Waals surface area (Å²) < 4.78 is 0. The van der Waals surface area contributed by atoms with Gasteiger partial charge in [0.1, 0.15) is 0 Å². The molecule has 0 saturated carbocycles. The predicted octanol–water partition coefficient (Wildman–Crippen LogP) is 7.07. The minimum Gasteiger partial charge on any atom is -0.293 e. The Hall–Kier alpha value is -1.35.